The third-order valence-corrected chi connectivity index (χ3v) is 7.25. The lowest BCUT2D eigenvalue weighted by Gasteiger charge is -2.09. The van der Waals surface area contributed by atoms with Crippen molar-refractivity contribution < 1.29 is 33.5 Å². The highest BCUT2D eigenvalue weighted by Gasteiger charge is 2.20. The van der Waals surface area contributed by atoms with Crippen LogP contribution in [0.5, 0.6) is 23.0 Å². The molecule has 242 valence electrons. The van der Waals surface area contributed by atoms with Gasteiger partial charge in [0.05, 0.1) is 29.3 Å². The van der Waals surface area contributed by atoms with E-state index in [2.05, 4.69) is 13.8 Å². The van der Waals surface area contributed by atoms with Crippen LogP contribution in [0.2, 0.25) is 0 Å². The lowest BCUT2D eigenvalue weighted by molar-refractivity contribution is -0.385. The zero-order valence-corrected chi connectivity index (χ0v) is 26.5. The number of esters is 2. The Morgan fingerprint density at radius 2 is 1.02 bits per heavy atom. The van der Waals surface area contributed by atoms with Crippen LogP contribution in [0.4, 0.5) is 5.69 Å². The van der Waals surface area contributed by atoms with Crippen molar-refractivity contribution in [2.75, 3.05) is 13.2 Å². The molecule has 3 rings (SSSR count). The molecule has 0 N–H and O–H groups in total. The number of nitrogens with zero attached hydrogens (tertiary/aromatic N) is 1. The van der Waals surface area contributed by atoms with Gasteiger partial charge in [-0.25, -0.2) is 9.59 Å². The van der Waals surface area contributed by atoms with Gasteiger partial charge in [-0.3, -0.25) is 10.1 Å². The van der Waals surface area contributed by atoms with Gasteiger partial charge >= 0.3 is 17.6 Å². The van der Waals surface area contributed by atoms with Crippen molar-refractivity contribution in [3.63, 3.8) is 0 Å². The molecule has 0 heterocycles. The van der Waals surface area contributed by atoms with Gasteiger partial charge in [0, 0.05) is 6.07 Å². The molecule has 9 heteroatoms. The van der Waals surface area contributed by atoms with E-state index < -0.39 is 16.9 Å². The second-order valence-electron chi connectivity index (χ2n) is 10.9. The number of carbonyl (C=O) groups is 2. The zero-order chi connectivity index (χ0) is 32.3. The molecule has 0 aliphatic rings. The van der Waals surface area contributed by atoms with E-state index >= 15 is 0 Å². The Hall–Kier alpha value is -4.40. The SMILES string of the molecule is CCCCCCCCOc1ccc(C(=O)Oc2ccc(OC(=O)c3ccc(OCCCCCCCC)c([N+](=O)[O-])c3)cc2)cc1. The Morgan fingerprint density at radius 3 is 1.56 bits per heavy atom. The summed E-state index contributed by atoms with van der Waals surface area (Å²) in [7, 11) is 0. The van der Waals surface area contributed by atoms with Crippen molar-refractivity contribution in [2.24, 2.45) is 0 Å². The summed E-state index contributed by atoms with van der Waals surface area (Å²) in [5.74, 6) is -0.0144. The molecular weight excluding hydrogens is 574 g/mol. The highest BCUT2D eigenvalue weighted by Crippen LogP contribution is 2.29. The van der Waals surface area contributed by atoms with Gasteiger partial charge in [-0.15, -0.1) is 0 Å². The van der Waals surface area contributed by atoms with Gasteiger partial charge in [0.25, 0.3) is 0 Å². The molecule has 0 unspecified atom stereocenters. The zero-order valence-electron chi connectivity index (χ0n) is 26.5. The molecule has 0 aliphatic heterocycles. The molecule has 0 atom stereocenters. The summed E-state index contributed by atoms with van der Waals surface area (Å²) in [5, 5.41) is 11.6. The number of benzene rings is 3. The van der Waals surface area contributed by atoms with Crippen LogP contribution in [0.3, 0.4) is 0 Å². The minimum absolute atomic E-state index is 0.0171. The summed E-state index contributed by atoms with van der Waals surface area (Å²) < 4.78 is 22.2. The fourth-order valence-electron chi connectivity index (χ4n) is 4.64. The predicted octanol–water partition coefficient (Wildman–Crippen LogP) is 9.51. The number of rotatable bonds is 21. The maximum Gasteiger partial charge on any atom is 0.343 e. The number of nitro benzene ring substituents is 1. The largest absolute Gasteiger partial charge is 0.494 e. The minimum Gasteiger partial charge on any atom is -0.494 e. The van der Waals surface area contributed by atoms with Crippen molar-refractivity contribution in [3.05, 3.63) is 88.0 Å². The van der Waals surface area contributed by atoms with Crippen LogP contribution in [-0.2, 0) is 0 Å². The Morgan fingerprint density at radius 1 is 0.578 bits per heavy atom. The van der Waals surface area contributed by atoms with Gasteiger partial charge in [0.2, 0.25) is 0 Å². The van der Waals surface area contributed by atoms with E-state index in [1.54, 1.807) is 24.3 Å². The maximum atomic E-state index is 12.7. The van der Waals surface area contributed by atoms with E-state index in [1.807, 2.05) is 0 Å². The highest BCUT2D eigenvalue weighted by atomic mass is 16.6. The van der Waals surface area contributed by atoms with E-state index in [-0.39, 0.29) is 28.5 Å². The fraction of sp³-hybridized carbons (Fsp3) is 0.444. The fourth-order valence-corrected chi connectivity index (χ4v) is 4.64. The summed E-state index contributed by atoms with van der Waals surface area (Å²) >= 11 is 0. The molecule has 0 saturated carbocycles. The summed E-state index contributed by atoms with van der Waals surface area (Å²) in [6.07, 6.45) is 13.6. The van der Waals surface area contributed by atoms with Gasteiger partial charge in [0.1, 0.15) is 17.2 Å². The van der Waals surface area contributed by atoms with Crippen LogP contribution in [-0.4, -0.2) is 30.1 Å². The van der Waals surface area contributed by atoms with Crippen LogP contribution in [0.25, 0.3) is 0 Å². The van der Waals surface area contributed by atoms with Crippen LogP contribution in [0, 0.1) is 10.1 Å². The van der Waals surface area contributed by atoms with E-state index in [1.165, 1.54) is 81.3 Å². The maximum absolute atomic E-state index is 12.7. The molecule has 3 aromatic carbocycles. The van der Waals surface area contributed by atoms with E-state index in [0.717, 1.165) is 38.2 Å². The van der Waals surface area contributed by atoms with Gasteiger partial charge in [0.15, 0.2) is 5.75 Å². The monoisotopic (exact) mass is 619 g/mol. The average Bonchev–Trinajstić information content (AvgIpc) is 3.05. The number of ether oxygens (including phenoxy) is 4. The average molecular weight is 620 g/mol. The van der Waals surface area contributed by atoms with Crippen LogP contribution in [0.1, 0.15) is 112 Å². The number of unbranched alkanes of at least 4 members (excludes halogenated alkanes) is 10. The van der Waals surface area contributed by atoms with Gasteiger partial charge in [-0.1, -0.05) is 78.1 Å². The molecular formula is C36H45NO8. The summed E-state index contributed by atoms with van der Waals surface area (Å²) in [5.41, 5.74) is 0.0945. The third-order valence-electron chi connectivity index (χ3n) is 7.25. The van der Waals surface area contributed by atoms with Crippen molar-refractivity contribution in [1.82, 2.24) is 0 Å². The molecule has 0 amide bonds. The molecule has 3 aromatic rings. The molecule has 0 saturated heterocycles. The molecule has 0 radical (unpaired) electrons. The Kier molecular flexibility index (Phi) is 15.4. The number of nitro groups is 1. The topological polar surface area (TPSA) is 114 Å². The van der Waals surface area contributed by atoms with Crippen molar-refractivity contribution in [1.29, 1.82) is 0 Å². The predicted molar refractivity (Wildman–Crippen MR) is 174 cm³/mol. The number of hydrogen-bond donors (Lipinski definition) is 0. The molecule has 0 bridgehead atoms. The first-order chi connectivity index (χ1) is 21.9. The second-order valence-corrected chi connectivity index (χ2v) is 10.9. The number of hydrogen-bond acceptors (Lipinski definition) is 8. The standard InChI is InChI=1S/C36H45NO8/c1-3-5-7-9-11-13-25-42-30-18-15-28(16-19-30)35(38)44-31-20-22-32(23-21-31)45-36(39)29-17-24-34(33(27-29)37(40)41)43-26-14-12-10-8-6-4-2/h15-24,27H,3-14,25-26H2,1-2H3. The molecule has 9 nitrogen and oxygen atoms in total. The molecule has 0 fully saturated rings. The first kappa shape index (κ1) is 35.1. The third kappa shape index (κ3) is 12.6. The summed E-state index contributed by atoms with van der Waals surface area (Å²) in [6.45, 7) is 5.37. The van der Waals surface area contributed by atoms with Crippen molar-refractivity contribution >= 4 is 17.6 Å². The lowest BCUT2D eigenvalue weighted by Crippen LogP contribution is -2.10. The first-order valence-electron chi connectivity index (χ1n) is 16.1. The van der Waals surface area contributed by atoms with E-state index in [0.29, 0.717) is 24.5 Å². The van der Waals surface area contributed by atoms with Gasteiger partial charge in [-0.05, 0) is 73.5 Å². The Bertz CT molecular complexity index is 1340. The molecule has 0 aromatic heterocycles. The summed E-state index contributed by atoms with van der Waals surface area (Å²) in [4.78, 5) is 36.4. The molecule has 45 heavy (non-hydrogen) atoms. The lowest BCUT2D eigenvalue weighted by atomic mass is 10.1. The quantitative estimate of drug-likeness (QED) is 0.0381. The van der Waals surface area contributed by atoms with Crippen LogP contribution in [0.15, 0.2) is 66.7 Å². The van der Waals surface area contributed by atoms with Crippen LogP contribution < -0.4 is 18.9 Å². The van der Waals surface area contributed by atoms with Crippen molar-refractivity contribution in [3.8, 4) is 23.0 Å². The second kappa shape index (κ2) is 19.8. The van der Waals surface area contributed by atoms with Crippen molar-refractivity contribution in [2.45, 2.75) is 90.9 Å². The molecule has 0 aliphatic carbocycles. The Balaban J connectivity index is 1.46. The minimum atomic E-state index is -0.760. The highest BCUT2D eigenvalue weighted by molar-refractivity contribution is 5.92. The van der Waals surface area contributed by atoms with Crippen LogP contribution >= 0.6 is 0 Å². The molecule has 0 spiro atoms. The Labute approximate surface area is 266 Å². The van der Waals surface area contributed by atoms with Gasteiger partial charge in [-0.2, -0.15) is 0 Å². The van der Waals surface area contributed by atoms with Gasteiger partial charge < -0.3 is 18.9 Å². The first-order valence-corrected chi connectivity index (χ1v) is 16.1. The van der Waals surface area contributed by atoms with E-state index in [4.69, 9.17) is 18.9 Å². The smallest absolute Gasteiger partial charge is 0.343 e. The van der Waals surface area contributed by atoms with E-state index in [9.17, 15) is 19.7 Å². The number of carbonyl (C=O) groups excluding carboxylic acids is 2. The normalized spacial score (nSPS) is 10.7. The summed E-state index contributed by atoms with van der Waals surface area (Å²) in [6, 6.07) is 16.8.